The lowest BCUT2D eigenvalue weighted by atomic mass is 10.1. The van der Waals surface area contributed by atoms with E-state index in [0.717, 1.165) is 17.8 Å². The second-order valence-electron chi connectivity index (χ2n) is 6.97. The van der Waals surface area contributed by atoms with Gasteiger partial charge in [-0.2, -0.15) is 13.2 Å². The van der Waals surface area contributed by atoms with E-state index < -0.39 is 17.6 Å². The largest absolute Gasteiger partial charge is 0.418 e. The molecule has 0 aliphatic carbocycles. The highest BCUT2D eigenvalue weighted by Crippen LogP contribution is 2.34. The van der Waals surface area contributed by atoms with Gasteiger partial charge in [0, 0.05) is 6.54 Å². The second-order valence-corrected chi connectivity index (χ2v) is 7.91. The third-order valence-electron chi connectivity index (χ3n) is 4.76. The van der Waals surface area contributed by atoms with Crippen LogP contribution in [0.5, 0.6) is 0 Å². The first-order valence-corrected chi connectivity index (χ1v) is 10.8. The summed E-state index contributed by atoms with van der Waals surface area (Å²) in [6.07, 6.45) is -3.87. The molecule has 32 heavy (non-hydrogen) atoms. The average Bonchev–Trinajstić information content (AvgIpc) is 3.19. The Bertz CT molecular complexity index is 1360. The van der Waals surface area contributed by atoms with Crippen LogP contribution in [0.3, 0.4) is 0 Å². The van der Waals surface area contributed by atoms with E-state index in [1.807, 2.05) is 6.92 Å². The number of carbonyl (C=O) groups excluding carboxylic acids is 1. The molecule has 0 saturated carbocycles. The van der Waals surface area contributed by atoms with Crippen LogP contribution >= 0.6 is 11.8 Å². The summed E-state index contributed by atoms with van der Waals surface area (Å²) >= 11 is 1.03. The Morgan fingerprint density at radius 2 is 1.81 bits per heavy atom. The Morgan fingerprint density at radius 3 is 2.56 bits per heavy atom. The fraction of sp³-hybridized carbons (Fsp3) is 0.238. The van der Waals surface area contributed by atoms with Crippen molar-refractivity contribution >= 4 is 40.0 Å². The highest BCUT2D eigenvalue weighted by atomic mass is 32.2. The third-order valence-corrected chi connectivity index (χ3v) is 5.69. The van der Waals surface area contributed by atoms with E-state index in [4.69, 9.17) is 0 Å². The van der Waals surface area contributed by atoms with Gasteiger partial charge in [-0.15, -0.1) is 10.2 Å². The van der Waals surface area contributed by atoms with Crippen LogP contribution in [0.15, 0.2) is 58.5 Å². The Labute approximate surface area is 184 Å². The van der Waals surface area contributed by atoms with Crippen molar-refractivity contribution in [3.63, 3.8) is 0 Å². The highest BCUT2D eigenvalue weighted by molar-refractivity contribution is 7.99. The van der Waals surface area contributed by atoms with Gasteiger partial charge in [0.05, 0.1) is 27.9 Å². The Morgan fingerprint density at radius 1 is 1.09 bits per heavy atom. The summed E-state index contributed by atoms with van der Waals surface area (Å²) in [6.45, 7) is 2.39. The third kappa shape index (κ3) is 4.07. The first kappa shape index (κ1) is 21.9. The maximum Gasteiger partial charge on any atom is 0.418 e. The van der Waals surface area contributed by atoms with Crippen molar-refractivity contribution in [1.29, 1.82) is 0 Å². The SMILES string of the molecule is CCCn1c(=O)c2ccccc2n2c(SCC(=O)Nc3ccccc3C(F)(F)F)nnc12. The number of amides is 1. The number of halogens is 3. The molecule has 2 heterocycles. The fourth-order valence-corrected chi connectivity index (χ4v) is 4.15. The number of aromatic nitrogens is 4. The second kappa shape index (κ2) is 8.65. The number of nitrogens with one attached hydrogen (secondary N) is 1. The predicted octanol–water partition coefficient (Wildman–Crippen LogP) is 4.20. The molecule has 166 valence electrons. The lowest BCUT2D eigenvalue weighted by molar-refractivity contribution is -0.137. The molecule has 0 atom stereocenters. The lowest BCUT2D eigenvalue weighted by Gasteiger charge is -2.13. The van der Waals surface area contributed by atoms with Crippen LogP contribution in [0.25, 0.3) is 16.7 Å². The molecular formula is C21H18F3N5O2S. The monoisotopic (exact) mass is 461 g/mol. The number of anilines is 1. The van der Waals surface area contributed by atoms with Crippen LogP contribution in [-0.2, 0) is 17.5 Å². The van der Waals surface area contributed by atoms with Crippen molar-refractivity contribution in [2.75, 3.05) is 11.1 Å². The first-order valence-electron chi connectivity index (χ1n) is 9.76. The molecule has 4 rings (SSSR count). The number of nitrogens with zero attached hydrogens (tertiary/aromatic N) is 4. The Balaban J connectivity index is 1.64. The van der Waals surface area contributed by atoms with E-state index in [0.29, 0.717) is 34.8 Å². The van der Waals surface area contributed by atoms with Crippen LogP contribution in [0.2, 0.25) is 0 Å². The zero-order chi connectivity index (χ0) is 22.9. The topological polar surface area (TPSA) is 81.3 Å². The quantitative estimate of drug-likeness (QED) is 0.435. The highest BCUT2D eigenvalue weighted by Gasteiger charge is 2.33. The first-order chi connectivity index (χ1) is 15.3. The number of fused-ring (bicyclic) bond motifs is 3. The molecule has 4 aromatic rings. The van der Waals surface area contributed by atoms with Gasteiger partial charge in [0.1, 0.15) is 0 Å². The molecule has 0 radical (unpaired) electrons. The van der Waals surface area contributed by atoms with Crippen LogP contribution in [0, 0.1) is 0 Å². The smallest absolute Gasteiger partial charge is 0.325 e. The summed E-state index contributed by atoms with van der Waals surface area (Å²) in [5.41, 5.74) is -0.810. The number of rotatable bonds is 6. The number of carbonyl (C=O) groups is 1. The van der Waals surface area contributed by atoms with E-state index in [2.05, 4.69) is 15.5 Å². The Hall–Kier alpha value is -3.34. The van der Waals surface area contributed by atoms with Crippen molar-refractivity contribution in [3.8, 4) is 0 Å². The maximum atomic E-state index is 13.2. The van der Waals surface area contributed by atoms with E-state index >= 15 is 0 Å². The average molecular weight is 461 g/mol. The molecule has 2 aromatic carbocycles. The van der Waals surface area contributed by atoms with Crippen LogP contribution in [0.1, 0.15) is 18.9 Å². The normalized spacial score (nSPS) is 11.9. The van der Waals surface area contributed by atoms with Crippen LogP contribution < -0.4 is 10.9 Å². The van der Waals surface area contributed by atoms with Gasteiger partial charge in [-0.05, 0) is 30.7 Å². The molecule has 0 aliphatic rings. The molecule has 7 nitrogen and oxygen atoms in total. The number of hydrogen-bond acceptors (Lipinski definition) is 5. The van der Waals surface area contributed by atoms with Crippen molar-refractivity contribution in [2.45, 2.75) is 31.2 Å². The standard InChI is InChI=1S/C21H18F3N5O2S/c1-2-11-28-18(31)13-7-3-6-10-16(13)29-19(28)26-27-20(29)32-12-17(30)25-15-9-5-4-8-14(15)21(22,23)24/h3-10H,2,11-12H2,1H3,(H,25,30). The molecule has 0 fully saturated rings. The molecule has 0 spiro atoms. The Kier molecular flexibility index (Phi) is 5.92. The number of para-hydroxylation sites is 2. The van der Waals surface area contributed by atoms with Crippen molar-refractivity contribution in [3.05, 3.63) is 64.4 Å². The van der Waals surface area contributed by atoms with Gasteiger partial charge in [0.15, 0.2) is 5.16 Å². The number of alkyl halides is 3. The van der Waals surface area contributed by atoms with Crippen LogP contribution in [0.4, 0.5) is 18.9 Å². The molecular weight excluding hydrogens is 443 g/mol. The van der Waals surface area contributed by atoms with Crippen LogP contribution in [-0.4, -0.2) is 30.8 Å². The van der Waals surface area contributed by atoms with Gasteiger partial charge in [-0.3, -0.25) is 18.6 Å². The van der Waals surface area contributed by atoms with E-state index in [9.17, 15) is 22.8 Å². The molecule has 0 unspecified atom stereocenters. The van der Waals surface area contributed by atoms with Crippen molar-refractivity contribution < 1.29 is 18.0 Å². The van der Waals surface area contributed by atoms with Gasteiger partial charge in [0.25, 0.3) is 5.56 Å². The summed E-state index contributed by atoms with van der Waals surface area (Å²) < 4.78 is 42.7. The van der Waals surface area contributed by atoms with E-state index in [1.165, 1.54) is 22.8 Å². The summed E-state index contributed by atoms with van der Waals surface area (Å²) in [4.78, 5) is 25.2. The van der Waals surface area contributed by atoms with E-state index in [1.54, 1.807) is 28.7 Å². The summed E-state index contributed by atoms with van der Waals surface area (Å²) in [6, 6.07) is 11.8. The number of thioether (sulfide) groups is 1. The van der Waals surface area contributed by atoms with Gasteiger partial charge < -0.3 is 5.32 Å². The van der Waals surface area contributed by atoms with Gasteiger partial charge >= 0.3 is 6.18 Å². The van der Waals surface area contributed by atoms with Gasteiger partial charge in [0.2, 0.25) is 11.7 Å². The number of benzene rings is 2. The molecule has 0 bridgehead atoms. The fourth-order valence-electron chi connectivity index (χ4n) is 3.41. The number of hydrogen-bond donors (Lipinski definition) is 1. The molecule has 1 N–H and O–H groups in total. The molecule has 2 aromatic heterocycles. The predicted molar refractivity (Wildman–Crippen MR) is 116 cm³/mol. The van der Waals surface area contributed by atoms with E-state index in [-0.39, 0.29) is 17.0 Å². The van der Waals surface area contributed by atoms with Crippen molar-refractivity contribution in [2.24, 2.45) is 0 Å². The minimum absolute atomic E-state index is 0.180. The van der Waals surface area contributed by atoms with Gasteiger partial charge in [-0.1, -0.05) is 43.0 Å². The lowest BCUT2D eigenvalue weighted by Crippen LogP contribution is -2.23. The zero-order valence-corrected chi connectivity index (χ0v) is 17.7. The molecule has 11 heteroatoms. The van der Waals surface area contributed by atoms with Crippen molar-refractivity contribution in [1.82, 2.24) is 19.2 Å². The zero-order valence-electron chi connectivity index (χ0n) is 16.9. The minimum Gasteiger partial charge on any atom is -0.325 e. The molecule has 0 saturated heterocycles. The molecule has 1 amide bonds. The minimum atomic E-state index is -4.58. The number of aryl methyl sites for hydroxylation is 1. The summed E-state index contributed by atoms with van der Waals surface area (Å²) in [5.74, 6) is -0.454. The molecule has 0 aliphatic heterocycles. The summed E-state index contributed by atoms with van der Waals surface area (Å²) in [7, 11) is 0. The maximum absolute atomic E-state index is 13.2. The summed E-state index contributed by atoms with van der Waals surface area (Å²) in [5, 5.41) is 11.4. The van der Waals surface area contributed by atoms with Gasteiger partial charge in [-0.25, -0.2) is 0 Å².